The van der Waals surface area contributed by atoms with Crippen molar-refractivity contribution in [3.05, 3.63) is 106 Å². The SMILES string of the molecule is Cc1cccc(COc2ccccc2/C=N/NC(=O)c2sc(-c3ccccc3)nc2C)c1. The molecular formula is C26H23N3O2S. The number of hydrogen-bond donors (Lipinski definition) is 1. The monoisotopic (exact) mass is 441 g/mol. The lowest BCUT2D eigenvalue weighted by atomic mass is 10.1. The number of nitrogens with zero attached hydrogens (tertiary/aromatic N) is 2. The summed E-state index contributed by atoms with van der Waals surface area (Å²) in [6, 6.07) is 25.6. The summed E-state index contributed by atoms with van der Waals surface area (Å²) in [4.78, 5) is 17.7. The molecule has 1 N–H and O–H groups in total. The molecular weight excluding hydrogens is 418 g/mol. The van der Waals surface area contributed by atoms with Crippen molar-refractivity contribution in [3.8, 4) is 16.3 Å². The van der Waals surface area contributed by atoms with Crippen LogP contribution in [0.25, 0.3) is 10.6 Å². The van der Waals surface area contributed by atoms with Crippen LogP contribution in [0.4, 0.5) is 0 Å². The molecule has 6 heteroatoms. The van der Waals surface area contributed by atoms with E-state index in [1.165, 1.54) is 16.9 Å². The van der Waals surface area contributed by atoms with Crippen LogP contribution < -0.4 is 10.2 Å². The van der Waals surface area contributed by atoms with Crippen LogP contribution in [0.1, 0.15) is 32.1 Å². The summed E-state index contributed by atoms with van der Waals surface area (Å²) >= 11 is 1.36. The van der Waals surface area contributed by atoms with Gasteiger partial charge in [0.2, 0.25) is 0 Å². The lowest BCUT2D eigenvalue weighted by molar-refractivity contribution is 0.0958. The lowest BCUT2D eigenvalue weighted by Gasteiger charge is -2.09. The molecule has 0 aliphatic heterocycles. The molecule has 0 aliphatic rings. The third kappa shape index (κ3) is 5.28. The summed E-state index contributed by atoms with van der Waals surface area (Å²) in [5.41, 5.74) is 7.35. The maximum atomic E-state index is 12.6. The van der Waals surface area contributed by atoms with E-state index in [0.717, 1.165) is 21.7 Å². The topological polar surface area (TPSA) is 63.6 Å². The first-order chi connectivity index (χ1) is 15.6. The van der Waals surface area contributed by atoms with Crippen molar-refractivity contribution in [2.75, 3.05) is 0 Å². The van der Waals surface area contributed by atoms with Gasteiger partial charge in [-0.25, -0.2) is 10.4 Å². The van der Waals surface area contributed by atoms with Crippen LogP contribution in [-0.4, -0.2) is 17.1 Å². The number of rotatable bonds is 7. The third-order valence-electron chi connectivity index (χ3n) is 4.79. The fraction of sp³-hybridized carbons (Fsp3) is 0.115. The van der Waals surface area contributed by atoms with Crippen molar-refractivity contribution >= 4 is 23.5 Å². The summed E-state index contributed by atoms with van der Waals surface area (Å²) in [5, 5.41) is 4.96. The predicted molar refractivity (Wildman–Crippen MR) is 129 cm³/mol. The predicted octanol–water partition coefficient (Wildman–Crippen LogP) is 5.77. The van der Waals surface area contributed by atoms with Crippen LogP contribution in [0.2, 0.25) is 0 Å². The first-order valence-corrected chi connectivity index (χ1v) is 11.1. The van der Waals surface area contributed by atoms with Gasteiger partial charge in [-0.15, -0.1) is 11.3 Å². The highest BCUT2D eigenvalue weighted by Crippen LogP contribution is 2.27. The fourth-order valence-electron chi connectivity index (χ4n) is 3.20. The van der Waals surface area contributed by atoms with E-state index in [-0.39, 0.29) is 5.91 Å². The Balaban J connectivity index is 1.42. The number of thiazole rings is 1. The minimum Gasteiger partial charge on any atom is -0.488 e. The number of aryl methyl sites for hydroxylation is 2. The molecule has 0 fully saturated rings. The van der Waals surface area contributed by atoms with Gasteiger partial charge in [-0.3, -0.25) is 4.79 Å². The Morgan fingerprint density at radius 3 is 2.62 bits per heavy atom. The van der Waals surface area contributed by atoms with Crippen LogP contribution in [0.15, 0.2) is 84.0 Å². The van der Waals surface area contributed by atoms with Crippen molar-refractivity contribution in [1.82, 2.24) is 10.4 Å². The molecule has 0 bridgehead atoms. The van der Waals surface area contributed by atoms with E-state index in [0.29, 0.717) is 22.9 Å². The molecule has 0 aliphatic carbocycles. The van der Waals surface area contributed by atoms with Gasteiger partial charge in [0.25, 0.3) is 5.91 Å². The van der Waals surface area contributed by atoms with Gasteiger partial charge in [-0.05, 0) is 31.5 Å². The maximum absolute atomic E-state index is 12.6. The molecule has 1 amide bonds. The molecule has 5 nitrogen and oxygen atoms in total. The summed E-state index contributed by atoms with van der Waals surface area (Å²) in [6.45, 7) is 4.34. The van der Waals surface area contributed by atoms with Crippen LogP contribution in [0.3, 0.4) is 0 Å². The summed E-state index contributed by atoms with van der Waals surface area (Å²) in [5.74, 6) is 0.420. The van der Waals surface area contributed by atoms with Crippen LogP contribution in [0.5, 0.6) is 5.75 Å². The summed E-state index contributed by atoms with van der Waals surface area (Å²) < 4.78 is 5.98. The number of carbonyl (C=O) groups is 1. The quantitative estimate of drug-likeness (QED) is 0.292. The molecule has 0 unspecified atom stereocenters. The van der Waals surface area contributed by atoms with E-state index >= 15 is 0 Å². The molecule has 0 spiro atoms. The van der Waals surface area contributed by atoms with E-state index in [4.69, 9.17) is 4.74 Å². The van der Waals surface area contributed by atoms with Gasteiger partial charge < -0.3 is 4.74 Å². The van der Waals surface area contributed by atoms with Crippen LogP contribution >= 0.6 is 11.3 Å². The average molecular weight is 442 g/mol. The third-order valence-corrected chi connectivity index (χ3v) is 5.99. The van der Waals surface area contributed by atoms with Crippen molar-refractivity contribution in [2.24, 2.45) is 5.10 Å². The molecule has 0 saturated heterocycles. The molecule has 0 radical (unpaired) electrons. The highest BCUT2D eigenvalue weighted by atomic mass is 32.1. The summed E-state index contributed by atoms with van der Waals surface area (Å²) in [6.07, 6.45) is 1.60. The Morgan fingerprint density at radius 1 is 1.03 bits per heavy atom. The smallest absolute Gasteiger partial charge is 0.283 e. The number of ether oxygens (including phenoxy) is 1. The second-order valence-electron chi connectivity index (χ2n) is 7.31. The van der Waals surface area contributed by atoms with Crippen molar-refractivity contribution in [3.63, 3.8) is 0 Å². The van der Waals surface area contributed by atoms with Gasteiger partial charge in [0.15, 0.2) is 0 Å². The zero-order chi connectivity index (χ0) is 22.3. The molecule has 0 saturated carbocycles. The minimum atomic E-state index is -0.281. The Bertz CT molecular complexity index is 1250. The Kier molecular flexibility index (Phi) is 6.72. The van der Waals surface area contributed by atoms with Crippen LogP contribution in [0, 0.1) is 13.8 Å². The number of aromatic nitrogens is 1. The second kappa shape index (κ2) is 10.0. The van der Waals surface area contributed by atoms with E-state index in [2.05, 4.69) is 34.6 Å². The van der Waals surface area contributed by atoms with E-state index in [9.17, 15) is 4.79 Å². The van der Waals surface area contributed by atoms with E-state index < -0.39 is 0 Å². The van der Waals surface area contributed by atoms with E-state index in [1.54, 1.807) is 6.21 Å². The van der Waals surface area contributed by atoms with Crippen molar-refractivity contribution in [1.29, 1.82) is 0 Å². The normalized spacial score (nSPS) is 10.9. The van der Waals surface area contributed by atoms with Crippen molar-refractivity contribution < 1.29 is 9.53 Å². The molecule has 0 atom stereocenters. The first kappa shape index (κ1) is 21.5. The van der Waals surface area contributed by atoms with Gasteiger partial charge >= 0.3 is 0 Å². The Labute approximate surface area is 191 Å². The maximum Gasteiger partial charge on any atom is 0.283 e. The minimum absolute atomic E-state index is 0.281. The number of nitrogens with one attached hydrogen (secondary N) is 1. The van der Waals surface area contributed by atoms with Gasteiger partial charge in [0, 0.05) is 11.1 Å². The van der Waals surface area contributed by atoms with E-state index in [1.807, 2.05) is 73.7 Å². The highest BCUT2D eigenvalue weighted by Gasteiger charge is 2.15. The van der Waals surface area contributed by atoms with Gasteiger partial charge in [0.05, 0.1) is 11.9 Å². The Hall–Kier alpha value is -3.77. The molecule has 1 aromatic heterocycles. The number of benzene rings is 3. The van der Waals surface area contributed by atoms with Crippen molar-refractivity contribution in [2.45, 2.75) is 20.5 Å². The number of carbonyl (C=O) groups excluding carboxylic acids is 1. The zero-order valence-electron chi connectivity index (χ0n) is 17.9. The molecule has 1 heterocycles. The fourth-order valence-corrected chi connectivity index (χ4v) is 4.17. The number of hydrazone groups is 1. The largest absolute Gasteiger partial charge is 0.488 e. The number of amides is 1. The molecule has 4 aromatic rings. The summed E-state index contributed by atoms with van der Waals surface area (Å²) in [7, 11) is 0. The lowest BCUT2D eigenvalue weighted by Crippen LogP contribution is -2.17. The van der Waals surface area contributed by atoms with Gasteiger partial charge in [-0.1, -0.05) is 72.3 Å². The standard InChI is InChI=1S/C26H23N3O2S/c1-18-9-8-10-20(15-18)17-31-23-14-7-6-13-22(23)16-27-29-25(30)24-19(2)28-26(32-24)21-11-4-3-5-12-21/h3-16H,17H2,1-2H3,(H,29,30)/b27-16+. The van der Waals surface area contributed by atoms with Gasteiger partial charge in [-0.2, -0.15) is 5.10 Å². The molecule has 4 rings (SSSR count). The number of hydrogen-bond acceptors (Lipinski definition) is 5. The number of para-hydroxylation sites is 1. The first-order valence-electron chi connectivity index (χ1n) is 10.2. The zero-order valence-corrected chi connectivity index (χ0v) is 18.7. The van der Waals surface area contributed by atoms with Crippen LogP contribution in [-0.2, 0) is 6.61 Å². The highest BCUT2D eigenvalue weighted by molar-refractivity contribution is 7.17. The second-order valence-corrected chi connectivity index (χ2v) is 8.31. The Morgan fingerprint density at radius 2 is 1.81 bits per heavy atom. The molecule has 160 valence electrons. The molecule has 3 aromatic carbocycles. The molecule has 32 heavy (non-hydrogen) atoms. The average Bonchev–Trinajstić information content (AvgIpc) is 3.21. The van der Waals surface area contributed by atoms with Gasteiger partial charge in [0.1, 0.15) is 22.2 Å².